The lowest BCUT2D eigenvalue weighted by Crippen LogP contribution is -1.86. The highest BCUT2D eigenvalue weighted by Gasteiger charge is 2.01. The average molecular weight is 264 g/mol. The number of nitrogen functional groups attached to an aromatic ring is 1. The second-order valence-corrected chi connectivity index (χ2v) is 4.20. The maximum absolute atomic E-state index is 9.30. The van der Waals surface area contributed by atoms with Crippen LogP contribution in [0.4, 0.5) is 5.69 Å². The first-order valence-corrected chi connectivity index (χ1v) is 5.30. The van der Waals surface area contributed by atoms with Gasteiger partial charge < -0.3 is 10.8 Å². The predicted octanol–water partition coefficient (Wildman–Crippen LogP) is 3.40. The van der Waals surface area contributed by atoms with E-state index in [0.29, 0.717) is 5.69 Å². The molecule has 3 N–H and O–H groups in total. The Morgan fingerprint density at radius 1 is 0.933 bits per heavy atom. The van der Waals surface area contributed by atoms with Crippen molar-refractivity contribution in [1.82, 2.24) is 0 Å². The number of halogens is 1. The number of nitrogens with two attached hydrogens (primary N) is 1. The molecule has 0 amide bonds. The van der Waals surface area contributed by atoms with Gasteiger partial charge in [-0.2, -0.15) is 0 Å². The van der Waals surface area contributed by atoms with Gasteiger partial charge in [0.1, 0.15) is 5.75 Å². The predicted molar refractivity (Wildman–Crippen MR) is 65.7 cm³/mol. The summed E-state index contributed by atoms with van der Waals surface area (Å²) < 4.78 is 1.04. The number of rotatable bonds is 1. The van der Waals surface area contributed by atoms with Crippen LogP contribution in [-0.2, 0) is 0 Å². The second kappa shape index (κ2) is 3.95. The summed E-state index contributed by atoms with van der Waals surface area (Å²) in [7, 11) is 0. The third-order valence-electron chi connectivity index (χ3n) is 2.21. The molecule has 2 rings (SSSR count). The highest BCUT2D eigenvalue weighted by Crippen LogP contribution is 2.28. The van der Waals surface area contributed by atoms with E-state index in [1.165, 1.54) is 0 Å². The quantitative estimate of drug-likeness (QED) is 0.612. The number of anilines is 1. The summed E-state index contributed by atoms with van der Waals surface area (Å²) in [6.45, 7) is 0. The molecule has 2 aromatic rings. The van der Waals surface area contributed by atoms with Crippen molar-refractivity contribution in [2.75, 3.05) is 5.73 Å². The molecule has 0 aliphatic heterocycles. The minimum absolute atomic E-state index is 0.121. The zero-order chi connectivity index (χ0) is 10.8. The van der Waals surface area contributed by atoms with E-state index in [1.54, 1.807) is 12.1 Å². The fourth-order valence-electron chi connectivity index (χ4n) is 1.38. The molecule has 0 heterocycles. The van der Waals surface area contributed by atoms with Gasteiger partial charge >= 0.3 is 0 Å². The molecule has 76 valence electrons. The molecule has 0 aromatic heterocycles. The van der Waals surface area contributed by atoms with Crippen LogP contribution in [0.3, 0.4) is 0 Å². The molecule has 0 aliphatic rings. The van der Waals surface area contributed by atoms with Crippen LogP contribution in [0.15, 0.2) is 46.9 Å². The Hall–Kier alpha value is -1.48. The van der Waals surface area contributed by atoms with Gasteiger partial charge in [-0.1, -0.05) is 34.1 Å². The lowest BCUT2D eigenvalue weighted by molar-refractivity contribution is 0.478. The van der Waals surface area contributed by atoms with Crippen LogP contribution < -0.4 is 5.73 Å². The maximum Gasteiger partial charge on any atom is 0.138 e. The van der Waals surface area contributed by atoms with E-state index in [9.17, 15) is 5.11 Å². The molecule has 0 aliphatic carbocycles. The summed E-state index contributed by atoms with van der Waals surface area (Å²) in [5.41, 5.74) is 8.10. The monoisotopic (exact) mass is 263 g/mol. The number of hydrogen-bond acceptors (Lipinski definition) is 2. The van der Waals surface area contributed by atoms with Gasteiger partial charge in [0.15, 0.2) is 0 Å². The Labute approximate surface area is 96.5 Å². The van der Waals surface area contributed by atoms with E-state index >= 15 is 0 Å². The minimum atomic E-state index is 0.121. The first-order chi connectivity index (χ1) is 7.16. The standard InChI is InChI=1S/C12H10BrNO/c13-10-4-1-8(2-5-10)9-3-6-12(15)11(14)7-9/h1-7,15H,14H2. The minimum Gasteiger partial charge on any atom is -0.506 e. The lowest BCUT2D eigenvalue weighted by Gasteiger charge is -2.04. The first-order valence-electron chi connectivity index (χ1n) is 4.51. The highest BCUT2D eigenvalue weighted by atomic mass is 79.9. The van der Waals surface area contributed by atoms with Crippen LogP contribution in [0, 0.1) is 0 Å². The molecule has 0 saturated heterocycles. The summed E-state index contributed by atoms with van der Waals surface area (Å²) in [4.78, 5) is 0. The number of phenols is 1. The van der Waals surface area contributed by atoms with Gasteiger partial charge in [-0.15, -0.1) is 0 Å². The van der Waals surface area contributed by atoms with Gasteiger partial charge in [0.2, 0.25) is 0 Å². The van der Waals surface area contributed by atoms with Crippen LogP contribution in [0.5, 0.6) is 5.75 Å². The van der Waals surface area contributed by atoms with Gasteiger partial charge in [0, 0.05) is 4.47 Å². The fourth-order valence-corrected chi connectivity index (χ4v) is 1.64. The van der Waals surface area contributed by atoms with E-state index < -0.39 is 0 Å². The molecule has 0 atom stereocenters. The Morgan fingerprint density at radius 2 is 1.53 bits per heavy atom. The van der Waals surface area contributed by atoms with Crippen LogP contribution >= 0.6 is 15.9 Å². The first kappa shape index (κ1) is 10.1. The molecule has 0 saturated carbocycles. The molecular weight excluding hydrogens is 254 g/mol. The summed E-state index contributed by atoms with van der Waals surface area (Å²) in [5.74, 6) is 0.121. The molecule has 0 fully saturated rings. The van der Waals surface area contributed by atoms with Crippen LogP contribution in [0.2, 0.25) is 0 Å². The smallest absolute Gasteiger partial charge is 0.138 e. The Balaban J connectivity index is 2.45. The molecule has 2 nitrogen and oxygen atoms in total. The van der Waals surface area contributed by atoms with Crippen molar-refractivity contribution in [3.8, 4) is 16.9 Å². The van der Waals surface area contributed by atoms with E-state index in [1.807, 2.05) is 30.3 Å². The highest BCUT2D eigenvalue weighted by molar-refractivity contribution is 9.10. The summed E-state index contributed by atoms with van der Waals surface area (Å²) in [6.07, 6.45) is 0. The number of aromatic hydroxyl groups is 1. The van der Waals surface area contributed by atoms with Crippen molar-refractivity contribution in [3.63, 3.8) is 0 Å². The van der Waals surface area contributed by atoms with Crippen molar-refractivity contribution in [2.45, 2.75) is 0 Å². The number of hydrogen-bond donors (Lipinski definition) is 2. The summed E-state index contributed by atoms with van der Waals surface area (Å²) in [5, 5.41) is 9.30. The molecule has 15 heavy (non-hydrogen) atoms. The van der Waals surface area contributed by atoms with Gasteiger partial charge in [0.05, 0.1) is 5.69 Å². The second-order valence-electron chi connectivity index (χ2n) is 3.28. The van der Waals surface area contributed by atoms with Crippen LogP contribution in [0.25, 0.3) is 11.1 Å². The van der Waals surface area contributed by atoms with Gasteiger partial charge in [0.25, 0.3) is 0 Å². The Bertz CT molecular complexity index is 479. The van der Waals surface area contributed by atoms with E-state index in [0.717, 1.165) is 15.6 Å². The average Bonchev–Trinajstić information content (AvgIpc) is 2.23. The van der Waals surface area contributed by atoms with E-state index in [4.69, 9.17) is 5.73 Å². The van der Waals surface area contributed by atoms with Gasteiger partial charge in [-0.25, -0.2) is 0 Å². The van der Waals surface area contributed by atoms with Crippen molar-refractivity contribution in [1.29, 1.82) is 0 Å². The molecular formula is C12H10BrNO. The van der Waals surface area contributed by atoms with Gasteiger partial charge in [-0.05, 0) is 35.4 Å². The molecule has 0 spiro atoms. The number of phenolic OH excluding ortho intramolecular Hbond substituents is 1. The fraction of sp³-hybridized carbons (Fsp3) is 0. The van der Waals surface area contributed by atoms with E-state index in [2.05, 4.69) is 15.9 Å². The molecule has 0 bridgehead atoms. The third-order valence-corrected chi connectivity index (χ3v) is 2.73. The SMILES string of the molecule is Nc1cc(-c2ccc(Br)cc2)ccc1O. The van der Waals surface area contributed by atoms with Crippen molar-refractivity contribution in [3.05, 3.63) is 46.9 Å². The van der Waals surface area contributed by atoms with Crippen LogP contribution in [0.1, 0.15) is 0 Å². The van der Waals surface area contributed by atoms with Crippen molar-refractivity contribution < 1.29 is 5.11 Å². The third kappa shape index (κ3) is 2.13. The normalized spacial score (nSPS) is 10.2. The summed E-state index contributed by atoms with van der Waals surface area (Å²) >= 11 is 3.38. The summed E-state index contributed by atoms with van der Waals surface area (Å²) in [6, 6.07) is 13.1. The van der Waals surface area contributed by atoms with Gasteiger partial charge in [-0.3, -0.25) is 0 Å². The molecule has 2 aromatic carbocycles. The molecule has 3 heteroatoms. The van der Waals surface area contributed by atoms with Crippen LogP contribution in [-0.4, -0.2) is 5.11 Å². The molecule has 0 radical (unpaired) electrons. The number of benzene rings is 2. The lowest BCUT2D eigenvalue weighted by atomic mass is 10.1. The maximum atomic E-state index is 9.30. The zero-order valence-electron chi connectivity index (χ0n) is 7.94. The van der Waals surface area contributed by atoms with Crippen molar-refractivity contribution in [2.24, 2.45) is 0 Å². The Kier molecular flexibility index (Phi) is 2.64. The topological polar surface area (TPSA) is 46.2 Å². The largest absolute Gasteiger partial charge is 0.506 e. The molecule has 0 unspecified atom stereocenters. The Morgan fingerprint density at radius 3 is 2.13 bits per heavy atom. The van der Waals surface area contributed by atoms with Crippen molar-refractivity contribution >= 4 is 21.6 Å². The van der Waals surface area contributed by atoms with E-state index in [-0.39, 0.29) is 5.75 Å². The zero-order valence-corrected chi connectivity index (χ0v) is 9.53.